The third-order valence-corrected chi connectivity index (χ3v) is 5.26. The van der Waals surface area contributed by atoms with E-state index >= 15 is 0 Å². The number of unbranched alkanes of at least 4 members (excludes halogenated alkanes) is 1. The van der Waals surface area contributed by atoms with Crippen LogP contribution in [0.3, 0.4) is 0 Å². The fourth-order valence-corrected chi connectivity index (χ4v) is 3.18. The minimum Gasteiger partial charge on any atom is -0.354 e. The van der Waals surface area contributed by atoms with Gasteiger partial charge in [-0.2, -0.15) is 0 Å². The maximum atomic E-state index is 13.1. The van der Waals surface area contributed by atoms with Gasteiger partial charge in [-0.3, -0.25) is 9.59 Å². The third kappa shape index (κ3) is 7.54. The van der Waals surface area contributed by atoms with Crippen molar-refractivity contribution >= 4 is 23.4 Å². The minimum absolute atomic E-state index is 0.0290. The van der Waals surface area contributed by atoms with Crippen molar-refractivity contribution in [2.45, 2.75) is 59.0 Å². The predicted octanol–water partition coefficient (Wildman–Crippen LogP) is 4.91. The maximum absolute atomic E-state index is 13.1. The van der Waals surface area contributed by atoms with Crippen LogP contribution in [0.2, 0.25) is 5.02 Å². The van der Waals surface area contributed by atoms with Gasteiger partial charge in [0.2, 0.25) is 11.8 Å². The van der Waals surface area contributed by atoms with Crippen LogP contribution in [0.15, 0.2) is 48.5 Å². The Morgan fingerprint density at radius 2 is 1.66 bits per heavy atom. The second-order valence-electron chi connectivity index (χ2n) is 7.45. The van der Waals surface area contributed by atoms with E-state index in [4.69, 9.17) is 11.6 Å². The van der Waals surface area contributed by atoms with E-state index in [0.29, 0.717) is 31.0 Å². The molecule has 5 heteroatoms. The molecule has 0 fully saturated rings. The summed E-state index contributed by atoms with van der Waals surface area (Å²) in [5, 5.41) is 3.59. The van der Waals surface area contributed by atoms with Crippen molar-refractivity contribution in [3.8, 4) is 0 Å². The molecule has 1 atom stereocenters. The normalized spacial score (nSPS) is 11.7. The summed E-state index contributed by atoms with van der Waals surface area (Å²) in [5.41, 5.74) is 3.27. The van der Waals surface area contributed by atoms with Crippen LogP contribution in [0, 0.1) is 6.92 Å². The number of hydrogen-bond acceptors (Lipinski definition) is 2. The first kappa shape index (κ1) is 23.0. The highest BCUT2D eigenvalue weighted by Crippen LogP contribution is 2.16. The van der Waals surface area contributed by atoms with Crippen LogP contribution in [0.25, 0.3) is 0 Å². The molecule has 1 N–H and O–H groups in total. The molecule has 0 heterocycles. The Balaban J connectivity index is 2.08. The summed E-state index contributed by atoms with van der Waals surface area (Å²) in [6.07, 6.45) is 2.96. The molecule has 0 spiro atoms. The van der Waals surface area contributed by atoms with Gasteiger partial charge >= 0.3 is 0 Å². The van der Waals surface area contributed by atoms with Crippen molar-refractivity contribution in [3.63, 3.8) is 0 Å². The molecular formula is C24H31ClN2O2. The lowest BCUT2D eigenvalue weighted by molar-refractivity contribution is -0.140. The molecule has 0 radical (unpaired) electrons. The maximum Gasteiger partial charge on any atom is 0.242 e. The average Bonchev–Trinajstić information content (AvgIpc) is 2.72. The van der Waals surface area contributed by atoms with E-state index in [9.17, 15) is 9.59 Å². The minimum atomic E-state index is -0.534. The summed E-state index contributed by atoms with van der Waals surface area (Å²) in [5.74, 6) is -0.144. The Morgan fingerprint density at radius 3 is 2.28 bits per heavy atom. The predicted molar refractivity (Wildman–Crippen MR) is 119 cm³/mol. The van der Waals surface area contributed by atoms with E-state index in [2.05, 4.69) is 24.4 Å². The molecule has 2 aromatic rings. The van der Waals surface area contributed by atoms with Crippen LogP contribution in [0.4, 0.5) is 0 Å². The SMILES string of the molecule is CCCCNC(=O)[C@H](C)N(Cc1ccc(Cl)cc1)C(=O)CCc1ccc(C)cc1. The lowest BCUT2D eigenvalue weighted by atomic mass is 10.1. The fourth-order valence-electron chi connectivity index (χ4n) is 3.05. The number of benzene rings is 2. The highest BCUT2D eigenvalue weighted by atomic mass is 35.5. The van der Waals surface area contributed by atoms with Gasteiger partial charge in [-0.05, 0) is 49.9 Å². The lowest BCUT2D eigenvalue weighted by Crippen LogP contribution is -2.47. The van der Waals surface area contributed by atoms with Gasteiger partial charge in [-0.25, -0.2) is 0 Å². The molecule has 2 aromatic carbocycles. The Kier molecular flexibility index (Phi) is 9.20. The molecule has 0 saturated heterocycles. The second kappa shape index (κ2) is 11.6. The summed E-state index contributed by atoms with van der Waals surface area (Å²) in [6, 6.07) is 15.1. The molecule has 2 amide bonds. The van der Waals surface area contributed by atoms with E-state index < -0.39 is 6.04 Å². The van der Waals surface area contributed by atoms with Gasteiger partial charge in [0.1, 0.15) is 6.04 Å². The van der Waals surface area contributed by atoms with Crippen LogP contribution in [0.1, 0.15) is 49.8 Å². The van der Waals surface area contributed by atoms with E-state index in [1.807, 2.05) is 31.2 Å². The van der Waals surface area contributed by atoms with E-state index in [1.54, 1.807) is 24.0 Å². The van der Waals surface area contributed by atoms with Crippen LogP contribution >= 0.6 is 11.6 Å². The first-order valence-electron chi connectivity index (χ1n) is 10.3. The Labute approximate surface area is 179 Å². The van der Waals surface area contributed by atoms with Crippen molar-refractivity contribution in [1.82, 2.24) is 10.2 Å². The van der Waals surface area contributed by atoms with E-state index in [0.717, 1.165) is 24.0 Å². The molecule has 4 nitrogen and oxygen atoms in total. The second-order valence-corrected chi connectivity index (χ2v) is 7.89. The number of aryl methyl sites for hydroxylation is 2. The number of rotatable bonds is 10. The van der Waals surface area contributed by atoms with Gasteiger partial charge in [-0.1, -0.05) is 66.9 Å². The number of amides is 2. The zero-order valence-corrected chi connectivity index (χ0v) is 18.3. The first-order valence-corrected chi connectivity index (χ1v) is 10.7. The molecule has 0 aliphatic heterocycles. The molecule has 0 unspecified atom stereocenters. The highest BCUT2D eigenvalue weighted by molar-refractivity contribution is 6.30. The van der Waals surface area contributed by atoms with Gasteiger partial charge in [0, 0.05) is 24.5 Å². The zero-order valence-electron chi connectivity index (χ0n) is 17.6. The topological polar surface area (TPSA) is 49.4 Å². The number of hydrogen-bond donors (Lipinski definition) is 1. The zero-order chi connectivity index (χ0) is 21.2. The Morgan fingerprint density at radius 1 is 1.03 bits per heavy atom. The van der Waals surface area contributed by atoms with Crippen LogP contribution in [-0.2, 0) is 22.6 Å². The number of carbonyl (C=O) groups excluding carboxylic acids is 2. The molecule has 29 heavy (non-hydrogen) atoms. The summed E-state index contributed by atoms with van der Waals surface area (Å²) < 4.78 is 0. The Hall–Kier alpha value is -2.33. The largest absolute Gasteiger partial charge is 0.354 e. The summed E-state index contributed by atoms with van der Waals surface area (Å²) >= 11 is 5.98. The fraction of sp³-hybridized carbons (Fsp3) is 0.417. The lowest BCUT2D eigenvalue weighted by Gasteiger charge is -2.29. The van der Waals surface area contributed by atoms with Crippen LogP contribution in [0.5, 0.6) is 0 Å². The van der Waals surface area contributed by atoms with Gasteiger partial charge in [0.15, 0.2) is 0 Å². The molecule has 0 aliphatic rings. The summed E-state index contributed by atoms with van der Waals surface area (Å²) in [4.78, 5) is 27.3. The monoisotopic (exact) mass is 414 g/mol. The van der Waals surface area contributed by atoms with Gasteiger partial charge < -0.3 is 10.2 Å². The summed E-state index contributed by atoms with van der Waals surface area (Å²) in [7, 11) is 0. The van der Waals surface area contributed by atoms with Crippen LogP contribution in [-0.4, -0.2) is 29.3 Å². The van der Waals surface area contributed by atoms with Gasteiger partial charge in [-0.15, -0.1) is 0 Å². The molecule has 0 aliphatic carbocycles. The Bertz CT molecular complexity index is 788. The van der Waals surface area contributed by atoms with Crippen molar-refractivity contribution < 1.29 is 9.59 Å². The number of nitrogens with one attached hydrogen (secondary N) is 1. The smallest absolute Gasteiger partial charge is 0.242 e. The van der Waals surface area contributed by atoms with Crippen molar-refractivity contribution in [3.05, 3.63) is 70.2 Å². The van der Waals surface area contributed by atoms with Crippen molar-refractivity contribution in [2.75, 3.05) is 6.54 Å². The number of halogens is 1. The van der Waals surface area contributed by atoms with Gasteiger partial charge in [0.25, 0.3) is 0 Å². The van der Waals surface area contributed by atoms with Gasteiger partial charge in [0.05, 0.1) is 0 Å². The quantitative estimate of drug-likeness (QED) is 0.561. The van der Waals surface area contributed by atoms with Crippen molar-refractivity contribution in [2.24, 2.45) is 0 Å². The molecule has 0 aromatic heterocycles. The number of carbonyl (C=O) groups is 2. The first-order chi connectivity index (χ1) is 13.9. The molecule has 156 valence electrons. The average molecular weight is 415 g/mol. The molecule has 2 rings (SSSR count). The third-order valence-electron chi connectivity index (χ3n) is 5.01. The highest BCUT2D eigenvalue weighted by Gasteiger charge is 2.25. The van der Waals surface area contributed by atoms with E-state index in [1.165, 1.54) is 5.56 Å². The standard InChI is InChI=1S/C24H31ClN2O2/c1-4-5-16-26-24(29)19(3)27(17-21-10-13-22(25)14-11-21)23(28)15-12-20-8-6-18(2)7-9-20/h6-11,13-14,19H,4-5,12,15-17H2,1-3H3,(H,26,29)/t19-/m0/s1. The van der Waals surface area contributed by atoms with Crippen molar-refractivity contribution in [1.29, 1.82) is 0 Å². The number of nitrogens with zero attached hydrogens (tertiary/aromatic N) is 1. The molecule has 0 saturated carbocycles. The summed E-state index contributed by atoms with van der Waals surface area (Å²) in [6.45, 7) is 6.93. The molecule has 0 bridgehead atoms. The van der Waals surface area contributed by atoms with E-state index in [-0.39, 0.29) is 11.8 Å². The van der Waals surface area contributed by atoms with Crippen LogP contribution < -0.4 is 5.32 Å². The molecular weight excluding hydrogens is 384 g/mol.